The van der Waals surface area contributed by atoms with Crippen LogP contribution < -0.4 is 10.2 Å². The monoisotopic (exact) mass is 311 g/mol. The SMILES string of the molecule is CCCNCc1sc(N(C)CCOCC2CC2)nc1CC. The molecule has 1 aromatic heterocycles. The van der Waals surface area contributed by atoms with Crippen molar-refractivity contribution in [1.82, 2.24) is 10.3 Å². The van der Waals surface area contributed by atoms with Gasteiger partial charge in [0.2, 0.25) is 0 Å². The van der Waals surface area contributed by atoms with Crippen molar-refractivity contribution >= 4 is 16.5 Å². The lowest BCUT2D eigenvalue weighted by molar-refractivity contribution is 0.131. The molecule has 0 bridgehead atoms. The molecule has 1 fully saturated rings. The number of rotatable bonds is 11. The number of hydrogen-bond acceptors (Lipinski definition) is 5. The number of ether oxygens (including phenoxy) is 1. The molecule has 1 saturated carbocycles. The Morgan fingerprint density at radius 2 is 2.19 bits per heavy atom. The summed E-state index contributed by atoms with van der Waals surface area (Å²) in [4.78, 5) is 8.39. The first kappa shape index (κ1) is 16.7. The van der Waals surface area contributed by atoms with Crippen molar-refractivity contribution in [1.29, 1.82) is 0 Å². The normalized spacial score (nSPS) is 14.6. The lowest BCUT2D eigenvalue weighted by atomic mass is 10.3. The second-order valence-electron chi connectivity index (χ2n) is 5.84. The van der Waals surface area contributed by atoms with Crippen LogP contribution in [0.5, 0.6) is 0 Å². The molecule has 0 amide bonds. The zero-order valence-electron chi connectivity index (χ0n) is 13.7. The summed E-state index contributed by atoms with van der Waals surface area (Å²) in [5, 5.41) is 4.60. The largest absolute Gasteiger partial charge is 0.379 e. The molecule has 1 N–H and O–H groups in total. The van der Waals surface area contributed by atoms with Crippen LogP contribution in [0.3, 0.4) is 0 Å². The minimum absolute atomic E-state index is 0.803. The molecule has 5 heteroatoms. The van der Waals surface area contributed by atoms with E-state index >= 15 is 0 Å². The second-order valence-corrected chi connectivity index (χ2v) is 6.90. The average molecular weight is 311 g/mol. The van der Waals surface area contributed by atoms with Crippen molar-refractivity contribution in [3.63, 3.8) is 0 Å². The molecular weight excluding hydrogens is 282 g/mol. The summed E-state index contributed by atoms with van der Waals surface area (Å²) in [7, 11) is 2.11. The Labute approximate surface area is 132 Å². The third-order valence-corrected chi connectivity index (χ3v) is 4.97. The van der Waals surface area contributed by atoms with Gasteiger partial charge in [-0.15, -0.1) is 11.3 Å². The van der Waals surface area contributed by atoms with E-state index in [9.17, 15) is 0 Å². The van der Waals surface area contributed by atoms with Gasteiger partial charge in [-0.1, -0.05) is 13.8 Å². The molecule has 0 aromatic carbocycles. The van der Waals surface area contributed by atoms with Crippen LogP contribution in [0.15, 0.2) is 0 Å². The fourth-order valence-electron chi connectivity index (χ4n) is 2.16. The highest BCUT2D eigenvalue weighted by atomic mass is 32.1. The van der Waals surface area contributed by atoms with Gasteiger partial charge in [-0.25, -0.2) is 4.98 Å². The summed E-state index contributed by atoms with van der Waals surface area (Å²) in [5.74, 6) is 0.845. The number of nitrogens with one attached hydrogen (secondary N) is 1. The van der Waals surface area contributed by atoms with Gasteiger partial charge in [-0.05, 0) is 38.1 Å². The molecule has 0 saturated heterocycles. The molecule has 1 aromatic rings. The highest BCUT2D eigenvalue weighted by Crippen LogP contribution is 2.29. The van der Waals surface area contributed by atoms with Crippen LogP contribution in [0.2, 0.25) is 0 Å². The molecule has 0 aliphatic heterocycles. The molecular formula is C16H29N3OS. The van der Waals surface area contributed by atoms with Gasteiger partial charge in [-0.2, -0.15) is 0 Å². The standard InChI is InChI=1S/C16H29N3OS/c1-4-8-17-11-15-14(5-2)18-16(21-15)19(3)9-10-20-12-13-6-7-13/h13,17H,4-12H2,1-3H3. The predicted molar refractivity (Wildman–Crippen MR) is 90.3 cm³/mol. The van der Waals surface area contributed by atoms with Gasteiger partial charge in [-0.3, -0.25) is 0 Å². The van der Waals surface area contributed by atoms with E-state index in [0.29, 0.717) is 0 Å². The van der Waals surface area contributed by atoms with E-state index in [0.717, 1.165) is 50.3 Å². The lowest BCUT2D eigenvalue weighted by Crippen LogP contribution is -2.22. The van der Waals surface area contributed by atoms with Gasteiger partial charge in [0.05, 0.1) is 12.3 Å². The summed E-state index contributed by atoms with van der Waals surface area (Å²) in [6, 6.07) is 0. The molecule has 120 valence electrons. The van der Waals surface area contributed by atoms with E-state index in [2.05, 4.69) is 31.1 Å². The third kappa shape index (κ3) is 5.57. The molecule has 2 rings (SSSR count). The van der Waals surface area contributed by atoms with Crippen LogP contribution in [-0.4, -0.2) is 38.3 Å². The number of likely N-dealkylation sites (N-methyl/N-ethyl adjacent to an activating group) is 1. The number of nitrogens with zero attached hydrogens (tertiary/aromatic N) is 2. The Kier molecular flexibility index (Phi) is 6.93. The molecule has 1 heterocycles. The Hall–Kier alpha value is -0.650. The topological polar surface area (TPSA) is 37.4 Å². The second kappa shape index (κ2) is 8.71. The summed E-state index contributed by atoms with van der Waals surface area (Å²) in [6.07, 6.45) is 4.89. The van der Waals surface area contributed by atoms with E-state index in [1.807, 2.05) is 11.3 Å². The average Bonchev–Trinajstić information content (AvgIpc) is 3.22. The zero-order valence-corrected chi connectivity index (χ0v) is 14.5. The number of thiazole rings is 1. The summed E-state index contributed by atoms with van der Waals surface area (Å²) < 4.78 is 5.72. The van der Waals surface area contributed by atoms with Gasteiger partial charge >= 0.3 is 0 Å². The van der Waals surface area contributed by atoms with E-state index in [-0.39, 0.29) is 0 Å². The van der Waals surface area contributed by atoms with Crippen LogP contribution in [0.25, 0.3) is 0 Å². The fraction of sp³-hybridized carbons (Fsp3) is 0.812. The first-order valence-corrected chi connectivity index (χ1v) is 9.04. The minimum Gasteiger partial charge on any atom is -0.379 e. The lowest BCUT2D eigenvalue weighted by Gasteiger charge is -2.15. The van der Waals surface area contributed by atoms with Gasteiger partial charge in [0.25, 0.3) is 0 Å². The van der Waals surface area contributed by atoms with Crippen LogP contribution in [-0.2, 0) is 17.7 Å². The highest BCUT2D eigenvalue weighted by molar-refractivity contribution is 7.15. The van der Waals surface area contributed by atoms with Crippen molar-refractivity contribution in [2.24, 2.45) is 5.92 Å². The summed E-state index contributed by atoms with van der Waals surface area (Å²) in [5.41, 5.74) is 1.24. The number of aryl methyl sites for hydroxylation is 1. The van der Waals surface area contributed by atoms with Crippen molar-refractivity contribution in [3.05, 3.63) is 10.6 Å². The minimum atomic E-state index is 0.803. The summed E-state index contributed by atoms with van der Waals surface area (Å²) in [6.45, 7) is 9.06. The maximum atomic E-state index is 5.72. The Morgan fingerprint density at radius 3 is 2.86 bits per heavy atom. The van der Waals surface area contributed by atoms with Gasteiger partial charge in [0, 0.05) is 31.6 Å². The van der Waals surface area contributed by atoms with Crippen molar-refractivity contribution < 1.29 is 4.74 Å². The Balaban J connectivity index is 1.79. The van der Waals surface area contributed by atoms with E-state index in [4.69, 9.17) is 9.72 Å². The van der Waals surface area contributed by atoms with Gasteiger partial charge < -0.3 is 15.0 Å². The van der Waals surface area contributed by atoms with Crippen LogP contribution in [0.4, 0.5) is 5.13 Å². The smallest absolute Gasteiger partial charge is 0.185 e. The van der Waals surface area contributed by atoms with E-state index < -0.39 is 0 Å². The van der Waals surface area contributed by atoms with Crippen LogP contribution in [0.1, 0.15) is 43.7 Å². The fourth-order valence-corrected chi connectivity index (χ4v) is 3.26. The molecule has 21 heavy (non-hydrogen) atoms. The highest BCUT2D eigenvalue weighted by Gasteiger charge is 2.21. The van der Waals surface area contributed by atoms with Crippen molar-refractivity contribution in [2.45, 2.75) is 46.1 Å². The Morgan fingerprint density at radius 1 is 1.38 bits per heavy atom. The Bertz CT molecular complexity index is 418. The van der Waals surface area contributed by atoms with Crippen LogP contribution in [0, 0.1) is 5.92 Å². The number of anilines is 1. The van der Waals surface area contributed by atoms with Gasteiger partial charge in [0.1, 0.15) is 0 Å². The molecule has 0 atom stereocenters. The zero-order chi connectivity index (χ0) is 15.1. The molecule has 4 nitrogen and oxygen atoms in total. The molecule has 1 aliphatic carbocycles. The quantitative estimate of drug-likeness (QED) is 0.637. The molecule has 0 radical (unpaired) electrons. The molecule has 1 aliphatic rings. The maximum Gasteiger partial charge on any atom is 0.185 e. The number of hydrogen-bond donors (Lipinski definition) is 1. The van der Waals surface area contributed by atoms with Crippen LogP contribution >= 0.6 is 11.3 Å². The first-order valence-electron chi connectivity index (χ1n) is 8.22. The van der Waals surface area contributed by atoms with Gasteiger partial charge in [0.15, 0.2) is 5.13 Å². The van der Waals surface area contributed by atoms with E-state index in [1.54, 1.807) is 0 Å². The van der Waals surface area contributed by atoms with E-state index in [1.165, 1.54) is 29.8 Å². The third-order valence-electron chi connectivity index (χ3n) is 3.76. The first-order chi connectivity index (χ1) is 10.2. The number of aromatic nitrogens is 1. The maximum absolute atomic E-state index is 5.72. The molecule has 0 spiro atoms. The predicted octanol–water partition coefficient (Wildman–Crippen LogP) is 3.07. The summed E-state index contributed by atoms with van der Waals surface area (Å²) >= 11 is 1.82. The van der Waals surface area contributed by atoms with Crippen molar-refractivity contribution in [3.8, 4) is 0 Å². The van der Waals surface area contributed by atoms with Crippen molar-refractivity contribution in [2.75, 3.05) is 38.3 Å². The molecule has 0 unspecified atom stereocenters.